The topological polar surface area (TPSA) is 49.3 Å². The van der Waals surface area contributed by atoms with E-state index in [0.29, 0.717) is 4.90 Å². The number of benzene rings is 1. The Balaban J connectivity index is 1.82. The minimum atomic E-state index is -0.295. The van der Waals surface area contributed by atoms with Gasteiger partial charge in [-0.15, -0.1) is 11.8 Å². The fourth-order valence-electron chi connectivity index (χ4n) is 2.57. The van der Waals surface area contributed by atoms with E-state index >= 15 is 0 Å². The van der Waals surface area contributed by atoms with Crippen molar-refractivity contribution >= 4 is 17.7 Å². The Morgan fingerprint density at radius 1 is 1.35 bits per heavy atom. The summed E-state index contributed by atoms with van der Waals surface area (Å²) in [5, 5.41) is 12.3. The molecular formula is C15H20FNO2S. The molecule has 110 valence electrons. The molecular weight excluding hydrogens is 277 g/mol. The largest absolute Gasteiger partial charge is 0.396 e. The average molecular weight is 297 g/mol. The van der Waals surface area contributed by atoms with E-state index in [1.54, 1.807) is 18.2 Å². The number of hydrogen-bond donors (Lipinski definition) is 2. The first-order valence-electron chi connectivity index (χ1n) is 6.98. The van der Waals surface area contributed by atoms with E-state index in [9.17, 15) is 14.3 Å². The van der Waals surface area contributed by atoms with Crippen molar-refractivity contribution in [1.29, 1.82) is 0 Å². The van der Waals surface area contributed by atoms with Gasteiger partial charge in [-0.2, -0.15) is 0 Å². The molecule has 0 aromatic heterocycles. The smallest absolute Gasteiger partial charge is 0.230 e. The van der Waals surface area contributed by atoms with Crippen LogP contribution in [-0.4, -0.2) is 29.4 Å². The quantitative estimate of drug-likeness (QED) is 0.821. The van der Waals surface area contributed by atoms with Gasteiger partial charge in [0.05, 0.1) is 5.75 Å². The second kappa shape index (κ2) is 7.64. The van der Waals surface area contributed by atoms with Crippen LogP contribution in [0.4, 0.5) is 4.39 Å². The Labute approximate surface area is 123 Å². The molecule has 0 saturated heterocycles. The molecule has 1 aliphatic carbocycles. The Hall–Kier alpha value is -1.07. The molecule has 2 rings (SSSR count). The van der Waals surface area contributed by atoms with Crippen LogP contribution < -0.4 is 5.32 Å². The predicted molar refractivity (Wildman–Crippen MR) is 78.1 cm³/mol. The number of carbonyl (C=O) groups is 1. The van der Waals surface area contributed by atoms with Gasteiger partial charge in [0.2, 0.25) is 5.91 Å². The van der Waals surface area contributed by atoms with Crippen molar-refractivity contribution in [3.05, 3.63) is 30.1 Å². The van der Waals surface area contributed by atoms with Crippen LogP contribution in [0.5, 0.6) is 0 Å². The molecule has 1 fully saturated rings. The molecule has 1 aromatic rings. The number of rotatable bonds is 5. The van der Waals surface area contributed by atoms with E-state index in [4.69, 9.17) is 0 Å². The molecule has 0 aliphatic heterocycles. The van der Waals surface area contributed by atoms with E-state index in [1.807, 2.05) is 0 Å². The highest BCUT2D eigenvalue weighted by Crippen LogP contribution is 2.25. The highest BCUT2D eigenvalue weighted by molar-refractivity contribution is 8.00. The highest BCUT2D eigenvalue weighted by atomic mass is 32.2. The van der Waals surface area contributed by atoms with Gasteiger partial charge < -0.3 is 10.4 Å². The number of aliphatic hydroxyl groups is 1. The molecule has 20 heavy (non-hydrogen) atoms. The number of halogens is 1. The third-order valence-corrected chi connectivity index (χ3v) is 4.73. The van der Waals surface area contributed by atoms with Crippen molar-refractivity contribution in [2.24, 2.45) is 5.92 Å². The van der Waals surface area contributed by atoms with Gasteiger partial charge in [0.15, 0.2) is 0 Å². The van der Waals surface area contributed by atoms with Crippen LogP contribution in [0.3, 0.4) is 0 Å². The SMILES string of the molecule is O=C(CSc1ccccc1F)NC1CCCCC1CO. The van der Waals surface area contributed by atoms with E-state index in [2.05, 4.69) is 5.32 Å². The lowest BCUT2D eigenvalue weighted by Gasteiger charge is -2.30. The lowest BCUT2D eigenvalue weighted by Crippen LogP contribution is -2.44. The van der Waals surface area contributed by atoms with Crippen LogP contribution in [0.1, 0.15) is 25.7 Å². The summed E-state index contributed by atoms with van der Waals surface area (Å²) < 4.78 is 13.4. The van der Waals surface area contributed by atoms with E-state index in [1.165, 1.54) is 17.8 Å². The average Bonchev–Trinajstić information content (AvgIpc) is 2.47. The Morgan fingerprint density at radius 2 is 2.10 bits per heavy atom. The molecule has 2 atom stereocenters. The molecule has 0 radical (unpaired) electrons. The zero-order valence-corrected chi connectivity index (χ0v) is 12.2. The number of hydrogen-bond acceptors (Lipinski definition) is 3. The summed E-state index contributed by atoms with van der Waals surface area (Å²) in [4.78, 5) is 12.4. The van der Waals surface area contributed by atoms with Gasteiger partial charge >= 0.3 is 0 Å². The molecule has 1 amide bonds. The second-order valence-electron chi connectivity index (χ2n) is 5.12. The number of carbonyl (C=O) groups excluding carboxylic acids is 1. The maximum absolute atomic E-state index is 13.4. The lowest BCUT2D eigenvalue weighted by atomic mass is 9.85. The van der Waals surface area contributed by atoms with Gasteiger partial charge in [0, 0.05) is 23.5 Å². The normalized spacial score (nSPS) is 22.5. The number of amides is 1. The van der Waals surface area contributed by atoms with Gasteiger partial charge in [-0.3, -0.25) is 4.79 Å². The minimum Gasteiger partial charge on any atom is -0.396 e. The first-order chi connectivity index (χ1) is 9.70. The molecule has 1 saturated carbocycles. The molecule has 1 aliphatic rings. The first-order valence-corrected chi connectivity index (χ1v) is 7.97. The molecule has 0 spiro atoms. The summed E-state index contributed by atoms with van der Waals surface area (Å²) in [6.07, 6.45) is 4.08. The number of thioether (sulfide) groups is 1. The number of aliphatic hydroxyl groups excluding tert-OH is 1. The minimum absolute atomic E-state index is 0.0578. The first kappa shape index (κ1) is 15.3. The van der Waals surface area contributed by atoms with E-state index in [-0.39, 0.29) is 36.0 Å². The standard InChI is InChI=1S/C15H20FNO2S/c16-12-6-2-4-8-14(12)20-10-15(19)17-13-7-3-1-5-11(13)9-18/h2,4,6,8,11,13,18H,1,3,5,7,9-10H2,(H,17,19). The van der Waals surface area contributed by atoms with Crippen molar-refractivity contribution < 1.29 is 14.3 Å². The van der Waals surface area contributed by atoms with Crippen LogP contribution >= 0.6 is 11.8 Å². The Kier molecular flexibility index (Phi) is 5.86. The van der Waals surface area contributed by atoms with Crippen LogP contribution in [-0.2, 0) is 4.79 Å². The summed E-state index contributed by atoms with van der Waals surface area (Å²) >= 11 is 1.20. The maximum Gasteiger partial charge on any atom is 0.230 e. The predicted octanol–water partition coefficient (Wildman–Crippen LogP) is 2.59. The molecule has 3 nitrogen and oxygen atoms in total. The van der Waals surface area contributed by atoms with Crippen LogP contribution in [0.2, 0.25) is 0 Å². The van der Waals surface area contributed by atoms with Crippen molar-refractivity contribution in [2.75, 3.05) is 12.4 Å². The molecule has 0 heterocycles. The van der Waals surface area contributed by atoms with Gasteiger partial charge in [-0.05, 0) is 25.0 Å². The van der Waals surface area contributed by atoms with Gasteiger partial charge in [-0.1, -0.05) is 25.0 Å². The molecule has 0 bridgehead atoms. The van der Waals surface area contributed by atoms with Gasteiger partial charge in [-0.25, -0.2) is 4.39 Å². The monoisotopic (exact) mass is 297 g/mol. The van der Waals surface area contributed by atoms with E-state index in [0.717, 1.165) is 25.7 Å². The zero-order valence-electron chi connectivity index (χ0n) is 11.3. The third-order valence-electron chi connectivity index (χ3n) is 3.69. The summed E-state index contributed by atoms with van der Waals surface area (Å²) in [7, 11) is 0. The molecule has 5 heteroatoms. The van der Waals surface area contributed by atoms with Gasteiger partial charge in [0.25, 0.3) is 0 Å². The Morgan fingerprint density at radius 3 is 2.85 bits per heavy atom. The summed E-state index contributed by atoms with van der Waals surface area (Å²) in [6, 6.07) is 6.51. The fourth-order valence-corrected chi connectivity index (χ4v) is 3.32. The van der Waals surface area contributed by atoms with Crippen molar-refractivity contribution in [3.8, 4) is 0 Å². The number of nitrogens with one attached hydrogen (secondary N) is 1. The fraction of sp³-hybridized carbons (Fsp3) is 0.533. The Bertz CT molecular complexity index is 455. The van der Waals surface area contributed by atoms with Crippen LogP contribution in [0, 0.1) is 11.7 Å². The maximum atomic E-state index is 13.4. The molecule has 2 N–H and O–H groups in total. The van der Waals surface area contributed by atoms with Crippen molar-refractivity contribution in [1.82, 2.24) is 5.32 Å². The second-order valence-corrected chi connectivity index (χ2v) is 6.14. The molecule has 2 unspecified atom stereocenters. The van der Waals surface area contributed by atoms with Crippen molar-refractivity contribution in [3.63, 3.8) is 0 Å². The summed E-state index contributed by atoms with van der Waals surface area (Å²) in [5.41, 5.74) is 0. The third kappa shape index (κ3) is 4.21. The lowest BCUT2D eigenvalue weighted by molar-refractivity contribution is -0.120. The highest BCUT2D eigenvalue weighted by Gasteiger charge is 2.25. The van der Waals surface area contributed by atoms with Gasteiger partial charge in [0.1, 0.15) is 5.82 Å². The van der Waals surface area contributed by atoms with E-state index < -0.39 is 0 Å². The van der Waals surface area contributed by atoms with Crippen molar-refractivity contribution in [2.45, 2.75) is 36.6 Å². The molecule has 1 aromatic carbocycles. The zero-order chi connectivity index (χ0) is 14.4. The van der Waals surface area contributed by atoms with Crippen LogP contribution in [0.25, 0.3) is 0 Å². The summed E-state index contributed by atoms with van der Waals surface area (Å²) in [5.74, 6) is -0.0266. The van der Waals surface area contributed by atoms with Crippen LogP contribution in [0.15, 0.2) is 29.2 Å². The summed E-state index contributed by atoms with van der Waals surface area (Å²) in [6.45, 7) is 0.116.